The predicted octanol–water partition coefficient (Wildman–Crippen LogP) is 0.960. The van der Waals surface area contributed by atoms with Crippen LogP contribution in [0.15, 0.2) is 47.4 Å². The molecule has 0 aliphatic rings. The number of benzene rings is 1. The van der Waals surface area contributed by atoms with Gasteiger partial charge in [-0.3, -0.25) is 9.59 Å². The molecule has 1 aromatic heterocycles. The molecule has 0 bridgehead atoms. The molecule has 0 atom stereocenters. The Kier molecular flexibility index (Phi) is 5.73. The van der Waals surface area contributed by atoms with Gasteiger partial charge in [0.2, 0.25) is 5.91 Å². The first-order valence-electron chi connectivity index (χ1n) is 7.22. The van der Waals surface area contributed by atoms with E-state index >= 15 is 0 Å². The molecule has 0 spiro atoms. The van der Waals surface area contributed by atoms with E-state index in [-0.39, 0.29) is 23.6 Å². The van der Waals surface area contributed by atoms with Crippen molar-refractivity contribution >= 4 is 11.9 Å². The molecule has 0 aliphatic heterocycles. The monoisotopic (exact) mass is 330 g/mol. The summed E-state index contributed by atoms with van der Waals surface area (Å²) in [4.78, 5) is 35.3. The van der Waals surface area contributed by atoms with E-state index in [1.807, 2.05) is 24.3 Å². The van der Waals surface area contributed by atoms with Crippen LogP contribution in [-0.4, -0.2) is 30.7 Å². The van der Waals surface area contributed by atoms with Crippen LogP contribution < -0.4 is 15.6 Å². The van der Waals surface area contributed by atoms with Crippen molar-refractivity contribution in [3.63, 3.8) is 0 Å². The number of hydrogen-bond acceptors (Lipinski definition) is 5. The van der Waals surface area contributed by atoms with Gasteiger partial charge < -0.3 is 19.4 Å². The molecule has 126 valence electrons. The minimum absolute atomic E-state index is 0.187. The quantitative estimate of drug-likeness (QED) is 0.797. The van der Waals surface area contributed by atoms with Crippen molar-refractivity contribution in [2.24, 2.45) is 0 Å². The molecular weight excluding hydrogens is 312 g/mol. The number of carbonyl (C=O) groups excluding carboxylic acids is 2. The van der Waals surface area contributed by atoms with E-state index in [9.17, 15) is 14.4 Å². The Labute approximate surface area is 138 Å². The molecule has 2 rings (SSSR count). The van der Waals surface area contributed by atoms with Gasteiger partial charge in [0, 0.05) is 18.8 Å². The molecule has 24 heavy (non-hydrogen) atoms. The lowest BCUT2D eigenvalue weighted by Gasteiger charge is -2.09. The van der Waals surface area contributed by atoms with Crippen LogP contribution in [0.2, 0.25) is 0 Å². The molecule has 2 aromatic rings. The third-order valence-corrected chi connectivity index (χ3v) is 3.34. The highest BCUT2D eigenvalue weighted by atomic mass is 16.5. The summed E-state index contributed by atoms with van der Waals surface area (Å²) in [6.07, 6.45) is 1.30. The van der Waals surface area contributed by atoms with Gasteiger partial charge in [0.1, 0.15) is 12.3 Å². The number of nitrogens with one attached hydrogen (secondary N) is 1. The molecule has 0 radical (unpaired) electrons. The number of esters is 1. The maximum Gasteiger partial charge on any atom is 0.339 e. The van der Waals surface area contributed by atoms with Crippen molar-refractivity contribution in [1.82, 2.24) is 9.88 Å². The van der Waals surface area contributed by atoms with Crippen LogP contribution in [0.25, 0.3) is 0 Å². The fraction of sp³-hybridized carbons (Fsp3) is 0.235. The summed E-state index contributed by atoms with van der Waals surface area (Å²) in [5.74, 6) is -0.216. The average Bonchev–Trinajstić information content (AvgIpc) is 2.61. The molecule has 0 unspecified atom stereocenters. The van der Waals surface area contributed by atoms with Gasteiger partial charge in [-0.2, -0.15) is 0 Å². The van der Waals surface area contributed by atoms with Crippen molar-refractivity contribution in [3.8, 4) is 5.75 Å². The Bertz CT molecular complexity index is 798. The van der Waals surface area contributed by atoms with Crippen LogP contribution in [0, 0.1) is 0 Å². The number of nitrogens with zero attached hydrogens (tertiary/aromatic N) is 1. The van der Waals surface area contributed by atoms with Crippen molar-refractivity contribution in [3.05, 3.63) is 64.1 Å². The second-order valence-corrected chi connectivity index (χ2v) is 5.00. The highest BCUT2D eigenvalue weighted by Crippen LogP contribution is 2.12. The van der Waals surface area contributed by atoms with Crippen LogP contribution >= 0.6 is 0 Å². The summed E-state index contributed by atoms with van der Waals surface area (Å²) in [6.45, 7) is 0.120. The normalized spacial score (nSPS) is 10.1. The molecule has 0 saturated heterocycles. The van der Waals surface area contributed by atoms with Crippen LogP contribution in [0.3, 0.4) is 0 Å². The number of methoxy groups -OCH3 is 2. The second kappa shape index (κ2) is 7.96. The van der Waals surface area contributed by atoms with Crippen molar-refractivity contribution in [2.45, 2.75) is 13.1 Å². The molecule has 7 heteroatoms. The van der Waals surface area contributed by atoms with E-state index in [0.717, 1.165) is 10.1 Å². The van der Waals surface area contributed by atoms with Crippen molar-refractivity contribution in [1.29, 1.82) is 0 Å². The minimum atomic E-state index is -0.569. The topological polar surface area (TPSA) is 86.6 Å². The number of amides is 1. The van der Waals surface area contributed by atoms with Gasteiger partial charge in [0.05, 0.1) is 19.8 Å². The molecule has 0 aliphatic carbocycles. The fourth-order valence-corrected chi connectivity index (χ4v) is 2.09. The largest absolute Gasteiger partial charge is 0.497 e. The van der Waals surface area contributed by atoms with Crippen LogP contribution in [-0.2, 0) is 22.6 Å². The third-order valence-electron chi connectivity index (χ3n) is 3.34. The third kappa shape index (κ3) is 4.45. The number of pyridine rings is 1. The van der Waals surface area contributed by atoms with Crippen LogP contribution in [0.1, 0.15) is 15.9 Å². The molecule has 0 fully saturated rings. The van der Waals surface area contributed by atoms with Crippen LogP contribution in [0.4, 0.5) is 0 Å². The van der Waals surface area contributed by atoms with E-state index < -0.39 is 5.97 Å². The van der Waals surface area contributed by atoms with Gasteiger partial charge in [-0.15, -0.1) is 0 Å². The summed E-state index contributed by atoms with van der Waals surface area (Å²) in [7, 11) is 2.82. The molecule has 1 heterocycles. The second-order valence-electron chi connectivity index (χ2n) is 5.00. The predicted molar refractivity (Wildman–Crippen MR) is 86.9 cm³/mol. The first kappa shape index (κ1) is 17.3. The molecule has 1 N–H and O–H groups in total. The fourth-order valence-electron chi connectivity index (χ4n) is 2.09. The van der Waals surface area contributed by atoms with Gasteiger partial charge in [-0.05, 0) is 23.8 Å². The maximum atomic E-state index is 12.0. The lowest BCUT2D eigenvalue weighted by atomic mass is 10.2. The van der Waals surface area contributed by atoms with E-state index in [4.69, 9.17) is 4.74 Å². The summed E-state index contributed by atoms with van der Waals surface area (Å²) in [5.41, 5.74) is 0.704. The number of carbonyl (C=O) groups is 2. The van der Waals surface area contributed by atoms with Gasteiger partial charge >= 0.3 is 5.97 Å². The number of rotatable bonds is 6. The number of ether oxygens (including phenoxy) is 2. The number of hydrogen-bond donors (Lipinski definition) is 1. The molecular formula is C17H18N2O5. The zero-order valence-corrected chi connectivity index (χ0v) is 13.4. The van der Waals surface area contributed by atoms with E-state index in [2.05, 4.69) is 10.1 Å². The molecule has 1 aromatic carbocycles. The Morgan fingerprint density at radius 3 is 2.67 bits per heavy atom. The summed E-state index contributed by atoms with van der Waals surface area (Å²) < 4.78 is 10.9. The Morgan fingerprint density at radius 2 is 1.96 bits per heavy atom. The highest BCUT2D eigenvalue weighted by Gasteiger charge is 2.10. The Hall–Kier alpha value is -3.09. The van der Waals surface area contributed by atoms with Gasteiger partial charge in [-0.1, -0.05) is 12.1 Å². The smallest absolute Gasteiger partial charge is 0.339 e. The SMILES string of the molecule is COC(=O)c1ccc(=O)n(CC(=O)NCc2cccc(OC)c2)c1. The zero-order valence-electron chi connectivity index (χ0n) is 13.4. The summed E-state index contributed by atoms with van der Waals surface area (Å²) in [5, 5.41) is 2.72. The first-order chi connectivity index (χ1) is 11.5. The highest BCUT2D eigenvalue weighted by molar-refractivity contribution is 5.89. The average molecular weight is 330 g/mol. The number of aromatic nitrogens is 1. The van der Waals surface area contributed by atoms with Gasteiger partial charge in [0.15, 0.2) is 0 Å². The minimum Gasteiger partial charge on any atom is -0.497 e. The molecule has 0 saturated carbocycles. The van der Waals surface area contributed by atoms with Crippen molar-refractivity contribution in [2.75, 3.05) is 14.2 Å². The van der Waals surface area contributed by atoms with Crippen molar-refractivity contribution < 1.29 is 19.1 Å². The van der Waals surface area contributed by atoms with E-state index in [0.29, 0.717) is 12.3 Å². The zero-order chi connectivity index (χ0) is 17.5. The summed E-state index contributed by atoms with van der Waals surface area (Å²) in [6, 6.07) is 9.88. The molecule has 7 nitrogen and oxygen atoms in total. The van der Waals surface area contributed by atoms with Gasteiger partial charge in [0.25, 0.3) is 5.56 Å². The summed E-state index contributed by atoms with van der Waals surface area (Å²) >= 11 is 0. The molecule has 1 amide bonds. The first-order valence-corrected chi connectivity index (χ1v) is 7.22. The van der Waals surface area contributed by atoms with E-state index in [1.54, 1.807) is 7.11 Å². The Balaban J connectivity index is 2.01. The lowest BCUT2D eigenvalue weighted by Crippen LogP contribution is -2.32. The van der Waals surface area contributed by atoms with E-state index in [1.165, 1.54) is 25.4 Å². The maximum absolute atomic E-state index is 12.0. The van der Waals surface area contributed by atoms with Gasteiger partial charge in [-0.25, -0.2) is 4.79 Å². The van der Waals surface area contributed by atoms with Crippen LogP contribution in [0.5, 0.6) is 5.75 Å². The lowest BCUT2D eigenvalue weighted by molar-refractivity contribution is -0.121. The Morgan fingerprint density at radius 1 is 1.17 bits per heavy atom. The standard InChI is InChI=1S/C17H18N2O5/c1-23-14-5-3-4-12(8-14)9-18-15(20)11-19-10-13(17(22)24-2)6-7-16(19)21/h3-8,10H,9,11H2,1-2H3,(H,18,20).